The Morgan fingerprint density at radius 1 is 1.07 bits per heavy atom. The van der Waals surface area contributed by atoms with E-state index < -0.39 is 0 Å². The molecule has 2 aromatic rings. The van der Waals surface area contributed by atoms with Crippen LogP contribution in [0, 0.1) is 0 Å². The summed E-state index contributed by atoms with van der Waals surface area (Å²) < 4.78 is 0. The number of hydrogen-bond donors (Lipinski definition) is 2. The van der Waals surface area contributed by atoms with Crippen LogP contribution in [0.1, 0.15) is 55.8 Å². The van der Waals surface area contributed by atoms with Gasteiger partial charge in [-0.3, -0.25) is 9.59 Å². The molecule has 4 nitrogen and oxygen atoms in total. The van der Waals surface area contributed by atoms with Gasteiger partial charge in [0.25, 0.3) is 5.91 Å². The first-order valence-electron chi connectivity index (χ1n) is 10.2. The Morgan fingerprint density at radius 3 is 2.45 bits per heavy atom. The molecule has 2 amide bonds. The summed E-state index contributed by atoms with van der Waals surface area (Å²) in [5.74, 6) is -0.225. The van der Waals surface area contributed by atoms with Gasteiger partial charge in [0.05, 0.1) is 16.5 Å². The molecule has 0 unspecified atom stereocenters. The van der Waals surface area contributed by atoms with Crippen LogP contribution in [0.2, 0.25) is 5.02 Å². The topological polar surface area (TPSA) is 58.2 Å². The smallest absolute Gasteiger partial charge is 0.253 e. The highest BCUT2D eigenvalue weighted by molar-refractivity contribution is 8.00. The lowest BCUT2D eigenvalue weighted by Crippen LogP contribution is -2.36. The molecule has 6 heteroatoms. The minimum atomic E-state index is -0.259. The predicted molar refractivity (Wildman–Crippen MR) is 121 cm³/mol. The van der Waals surface area contributed by atoms with Gasteiger partial charge in [-0.1, -0.05) is 49.9 Å². The maximum atomic E-state index is 12.9. The third kappa shape index (κ3) is 6.25. The molecule has 0 saturated heterocycles. The number of halogens is 1. The SMILES string of the molecule is CC[C@@H](Sc1ccc(Cl)cc1)C(=O)Nc1ccccc1C(=O)NC1CCCCC1. The van der Waals surface area contributed by atoms with Crippen LogP contribution in [-0.4, -0.2) is 23.1 Å². The molecule has 2 N–H and O–H groups in total. The standard InChI is InChI=1S/C23H27ClN2O2S/c1-2-21(29-18-14-12-16(24)13-15-18)23(28)26-20-11-7-6-10-19(20)22(27)25-17-8-4-3-5-9-17/h6-7,10-15,17,21H,2-5,8-9H2,1H3,(H,25,27)(H,26,28)/t21-/m1/s1. The van der Waals surface area contributed by atoms with Crippen molar-refractivity contribution >= 4 is 40.9 Å². The summed E-state index contributed by atoms with van der Waals surface area (Å²) in [6.07, 6.45) is 6.27. The summed E-state index contributed by atoms with van der Waals surface area (Å²) >= 11 is 7.44. The molecule has 0 heterocycles. The second-order valence-corrected chi connectivity index (χ2v) is 9.02. The molecule has 0 aliphatic heterocycles. The van der Waals surface area contributed by atoms with E-state index in [4.69, 9.17) is 11.6 Å². The van der Waals surface area contributed by atoms with E-state index in [1.54, 1.807) is 12.1 Å². The van der Waals surface area contributed by atoms with Crippen LogP contribution in [0.15, 0.2) is 53.4 Å². The summed E-state index contributed by atoms with van der Waals surface area (Å²) in [7, 11) is 0. The van der Waals surface area contributed by atoms with Crippen molar-refractivity contribution in [2.75, 3.05) is 5.32 Å². The van der Waals surface area contributed by atoms with Crippen molar-refractivity contribution in [2.24, 2.45) is 0 Å². The van der Waals surface area contributed by atoms with Crippen molar-refractivity contribution in [3.05, 3.63) is 59.1 Å². The molecule has 2 aromatic carbocycles. The molecule has 0 aromatic heterocycles. The molecule has 1 atom stereocenters. The van der Waals surface area contributed by atoms with Crippen LogP contribution in [0.5, 0.6) is 0 Å². The monoisotopic (exact) mass is 430 g/mol. The zero-order valence-corrected chi connectivity index (χ0v) is 18.2. The van der Waals surface area contributed by atoms with Crippen molar-refractivity contribution in [1.82, 2.24) is 5.32 Å². The zero-order chi connectivity index (χ0) is 20.6. The van der Waals surface area contributed by atoms with Crippen molar-refractivity contribution in [1.29, 1.82) is 0 Å². The van der Waals surface area contributed by atoms with E-state index in [-0.39, 0.29) is 23.1 Å². The molecule has 0 radical (unpaired) electrons. The van der Waals surface area contributed by atoms with Gasteiger partial charge in [0.1, 0.15) is 0 Å². The zero-order valence-electron chi connectivity index (χ0n) is 16.6. The molecule has 1 fully saturated rings. The van der Waals surface area contributed by atoms with Crippen molar-refractivity contribution in [3.8, 4) is 0 Å². The summed E-state index contributed by atoms with van der Waals surface area (Å²) in [6.45, 7) is 1.98. The van der Waals surface area contributed by atoms with Crippen molar-refractivity contribution in [3.63, 3.8) is 0 Å². The molecular formula is C23H27ClN2O2S. The van der Waals surface area contributed by atoms with Crippen LogP contribution in [0.4, 0.5) is 5.69 Å². The van der Waals surface area contributed by atoms with Crippen LogP contribution in [-0.2, 0) is 4.79 Å². The van der Waals surface area contributed by atoms with Gasteiger partial charge in [-0.25, -0.2) is 0 Å². The van der Waals surface area contributed by atoms with Gasteiger partial charge in [0, 0.05) is 16.0 Å². The number of carbonyl (C=O) groups is 2. The fraction of sp³-hybridized carbons (Fsp3) is 0.391. The van der Waals surface area contributed by atoms with Gasteiger partial charge < -0.3 is 10.6 Å². The van der Waals surface area contributed by atoms with E-state index in [1.807, 2.05) is 43.3 Å². The first kappa shape index (κ1) is 21.7. The van der Waals surface area contributed by atoms with Gasteiger partial charge in [0.2, 0.25) is 5.91 Å². The molecule has 154 valence electrons. The number of para-hydroxylation sites is 1. The van der Waals surface area contributed by atoms with E-state index in [9.17, 15) is 9.59 Å². The Morgan fingerprint density at radius 2 is 1.76 bits per heavy atom. The van der Waals surface area contributed by atoms with E-state index in [0.717, 1.165) is 30.6 Å². The number of hydrogen-bond acceptors (Lipinski definition) is 3. The van der Waals surface area contributed by atoms with Crippen LogP contribution < -0.4 is 10.6 Å². The average molecular weight is 431 g/mol. The van der Waals surface area contributed by atoms with Gasteiger partial charge in [-0.05, 0) is 55.7 Å². The fourth-order valence-electron chi connectivity index (χ4n) is 3.51. The quantitative estimate of drug-likeness (QED) is 0.536. The fourth-order valence-corrected chi connectivity index (χ4v) is 4.59. The van der Waals surface area contributed by atoms with Crippen molar-refractivity contribution in [2.45, 2.75) is 61.6 Å². The lowest BCUT2D eigenvalue weighted by atomic mass is 9.95. The van der Waals surface area contributed by atoms with Crippen LogP contribution >= 0.6 is 23.4 Å². The Labute approximate surface area is 181 Å². The van der Waals surface area contributed by atoms with E-state index in [0.29, 0.717) is 22.7 Å². The molecular weight excluding hydrogens is 404 g/mol. The summed E-state index contributed by atoms with van der Waals surface area (Å²) in [5.41, 5.74) is 1.07. The lowest BCUT2D eigenvalue weighted by Gasteiger charge is -2.23. The highest BCUT2D eigenvalue weighted by Gasteiger charge is 2.22. The lowest BCUT2D eigenvalue weighted by molar-refractivity contribution is -0.115. The number of rotatable bonds is 7. The number of benzene rings is 2. The number of carbonyl (C=O) groups excluding carboxylic acids is 2. The molecule has 1 saturated carbocycles. The second kappa shape index (κ2) is 10.7. The first-order chi connectivity index (χ1) is 14.1. The Kier molecular flexibility index (Phi) is 8.01. The number of anilines is 1. The number of amides is 2. The van der Waals surface area contributed by atoms with Crippen LogP contribution in [0.25, 0.3) is 0 Å². The summed E-state index contributed by atoms with van der Waals surface area (Å²) in [4.78, 5) is 26.7. The van der Waals surface area contributed by atoms with Gasteiger partial charge >= 0.3 is 0 Å². The van der Waals surface area contributed by atoms with Crippen molar-refractivity contribution < 1.29 is 9.59 Å². The molecule has 3 rings (SSSR count). The normalized spacial score (nSPS) is 15.5. The first-order valence-corrected chi connectivity index (χ1v) is 11.5. The Hall–Kier alpha value is -1.98. The average Bonchev–Trinajstić information content (AvgIpc) is 2.74. The third-order valence-electron chi connectivity index (χ3n) is 5.13. The highest BCUT2D eigenvalue weighted by atomic mass is 35.5. The molecule has 1 aliphatic carbocycles. The Balaban J connectivity index is 1.67. The van der Waals surface area contributed by atoms with E-state index >= 15 is 0 Å². The minimum Gasteiger partial charge on any atom is -0.349 e. The van der Waals surface area contributed by atoms with Gasteiger partial charge in [0.15, 0.2) is 0 Å². The largest absolute Gasteiger partial charge is 0.349 e. The number of nitrogens with one attached hydrogen (secondary N) is 2. The molecule has 0 spiro atoms. The molecule has 29 heavy (non-hydrogen) atoms. The minimum absolute atomic E-state index is 0.106. The molecule has 0 bridgehead atoms. The second-order valence-electron chi connectivity index (χ2n) is 7.31. The van der Waals surface area contributed by atoms with E-state index in [2.05, 4.69) is 10.6 Å². The van der Waals surface area contributed by atoms with Gasteiger partial charge in [-0.15, -0.1) is 11.8 Å². The van der Waals surface area contributed by atoms with Gasteiger partial charge in [-0.2, -0.15) is 0 Å². The predicted octanol–water partition coefficient (Wildman–Crippen LogP) is 5.91. The third-order valence-corrected chi connectivity index (χ3v) is 6.75. The number of thioether (sulfide) groups is 1. The maximum absolute atomic E-state index is 12.9. The summed E-state index contributed by atoms with van der Waals surface area (Å²) in [6, 6.07) is 14.9. The molecule has 1 aliphatic rings. The van der Waals surface area contributed by atoms with E-state index in [1.165, 1.54) is 18.2 Å². The highest BCUT2D eigenvalue weighted by Crippen LogP contribution is 2.28. The summed E-state index contributed by atoms with van der Waals surface area (Å²) in [5, 5.41) is 6.51. The Bertz CT molecular complexity index is 835. The maximum Gasteiger partial charge on any atom is 0.253 e. The van der Waals surface area contributed by atoms with Crippen LogP contribution in [0.3, 0.4) is 0 Å².